The molecule has 1 amide bonds. The number of fused-ring (bicyclic) bond motifs is 1. The van der Waals surface area contributed by atoms with Crippen LogP contribution in [0.25, 0.3) is 0 Å². The molecule has 3 rings (SSSR count). The van der Waals surface area contributed by atoms with Crippen LogP contribution in [0.15, 0.2) is 30.3 Å². The van der Waals surface area contributed by atoms with Crippen molar-refractivity contribution in [2.45, 2.75) is 0 Å². The lowest BCUT2D eigenvalue weighted by molar-refractivity contribution is 0.102. The van der Waals surface area contributed by atoms with Crippen LogP contribution in [-0.4, -0.2) is 35.5 Å². The first-order valence-electron chi connectivity index (χ1n) is 7.38. The van der Waals surface area contributed by atoms with Gasteiger partial charge in [0.2, 0.25) is 0 Å². The van der Waals surface area contributed by atoms with Crippen molar-refractivity contribution >= 4 is 44.8 Å². The molecule has 0 spiro atoms. The number of rotatable bonds is 3. The highest BCUT2D eigenvalue weighted by Gasteiger charge is 2.36. The van der Waals surface area contributed by atoms with Crippen LogP contribution in [0.3, 0.4) is 0 Å². The molecule has 7 nitrogen and oxygen atoms in total. The monoisotopic (exact) mass is 399 g/mol. The Balaban J connectivity index is 1.99. The molecule has 138 valence electrons. The standard InChI is InChI=1S/C16H15ClFN3O4S/c1-20-13-7-11(18)12(8-14(13)21(2)26(20,23)24)19-16(22)10-6-9(17)4-5-15(10)25-3/h4-8H,1-3H3,(H,19,22). The SMILES string of the molecule is COc1ccc(Cl)cc1C(=O)Nc1cc2c(cc1F)N(C)S(=O)(=O)N2C. The molecule has 0 radical (unpaired) electrons. The zero-order valence-corrected chi connectivity index (χ0v) is 15.7. The van der Waals surface area contributed by atoms with E-state index in [0.29, 0.717) is 5.02 Å². The molecule has 0 bridgehead atoms. The number of anilines is 3. The normalized spacial score (nSPS) is 15.0. The van der Waals surface area contributed by atoms with Crippen LogP contribution in [0.1, 0.15) is 10.4 Å². The van der Waals surface area contributed by atoms with Gasteiger partial charge in [-0.3, -0.25) is 13.4 Å². The Morgan fingerprint density at radius 1 is 1.15 bits per heavy atom. The lowest BCUT2D eigenvalue weighted by Crippen LogP contribution is -2.32. The van der Waals surface area contributed by atoms with Gasteiger partial charge >= 0.3 is 10.2 Å². The zero-order chi connectivity index (χ0) is 19.2. The second-order valence-corrected chi connectivity index (χ2v) is 7.99. The Kier molecular flexibility index (Phi) is 4.45. The molecule has 26 heavy (non-hydrogen) atoms. The molecule has 0 atom stereocenters. The number of nitrogens with zero attached hydrogens (tertiary/aromatic N) is 2. The Labute approximate surface area is 155 Å². The van der Waals surface area contributed by atoms with E-state index in [9.17, 15) is 17.6 Å². The van der Waals surface area contributed by atoms with Crippen molar-refractivity contribution in [2.24, 2.45) is 0 Å². The fraction of sp³-hybridized carbons (Fsp3) is 0.188. The van der Waals surface area contributed by atoms with Gasteiger partial charge in [-0.2, -0.15) is 8.42 Å². The number of carbonyl (C=O) groups excluding carboxylic acids is 1. The maximum atomic E-state index is 14.4. The van der Waals surface area contributed by atoms with Gasteiger partial charge < -0.3 is 10.1 Å². The van der Waals surface area contributed by atoms with Gasteiger partial charge in [0.1, 0.15) is 11.6 Å². The quantitative estimate of drug-likeness (QED) is 0.860. The highest BCUT2D eigenvalue weighted by molar-refractivity contribution is 7.94. The lowest BCUT2D eigenvalue weighted by Gasteiger charge is -2.13. The number of hydrogen-bond donors (Lipinski definition) is 1. The fourth-order valence-corrected chi connectivity index (χ4v) is 3.96. The lowest BCUT2D eigenvalue weighted by atomic mass is 10.1. The number of hydrogen-bond acceptors (Lipinski definition) is 4. The third-order valence-corrected chi connectivity index (χ3v) is 6.10. The number of ether oxygens (including phenoxy) is 1. The van der Waals surface area contributed by atoms with E-state index in [0.717, 1.165) is 14.7 Å². The number of nitrogens with one attached hydrogen (secondary N) is 1. The van der Waals surface area contributed by atoms with E-state index in [-0.39, 0.29) is 28.4 Å². The molecule has 0 saturated carbocycles. The first kappa shape index (κ1) is 18.3. The number of benzene rings is 2. The summed E-state index contributed by atoms with van der Waals surface area (Å²) in [5.41, 5.74) is 0.400. The Morgan fingerprint density at radius 2 is 1.77 bits per heavy atom. The smallest absolute Gasteiger partial charge is 0.326 e. The Hall–Kier alpha value is -2.52. The average molecular weight is 400 g/mol. The number of carbonyl (C=O) groups is 1. The summed E-state index contributed by atoms with van der Waals surface area (Å²) in [6.45, 7) is 0. The first-order chi connectivity index (χ1) is 12.2. The summed E-state index contributed by atoms with van der Waals surface area (Å²) in [7, 11) is 0.325. The van der Waals surface area contributed by atoms with Crippen LogP contribution in [0, 0.1) is 5.82 Å². The van der Waals surface area contributed by atoms with Gasteiger partial charge in [0.05, 0.1) is 29.7 Å². The molecule has 2 aromatic rings. The van der Waals surface area contributed by atoms with Gasteiger partial charge in [-0.05, 0) is 24.3 Å². The van der Waals surface area contributed by atoms with Gasteiger partial charge in [0.25, 0.3) is 5.91 Å². The van der Waals surface area contributed by atoms with Crippen molar-refractivity contribution in [2.75, 3.05) is 35.1 Å². The molecule has 0 aliphatic carbocycles. The number of methoxy groups -OCH3 is 1. The van der Waals surface area contributed by atoms with Crippen molar-refractivity contribution < 1.29 is 22.3 Å². The Bertz CT molecular complexity index is 1010. The molecule has 0 fully saturated rings. The summed E-state index contributed by atoms with van der Waals surface area (Å²) in [4.78, 5) is 12.5. The summed E-state index contributed by atoms with van der Waals surface area (Å²) >= 11 is 5.91. The van der Waals surface area contributed by atoms with Gasteiger partial charge in [0, 0.05) is 25.2 Å². The molecular weight excluding hydrogens is 385 g/mol. The predicted octanol–water partition coefficient (Wildman–Crippen LogP) is 2.87. The van der Waals surface area contributed by atoms with Crippen LogP contribution in [0.4, 0.5) is 21.5 Å². The first-order valence-corrected chi connectivity index (χ1v) is 9.15. The third kappa shape index (κ3) is 2.82. The highest BCUT2D eigenvalue weighted by atomic mass is 35.5. The van der Waals surface area contributed by atoms with E-state index in [4.69, 9.17) is 16.3 Å². The van der Waals surface area contributed by atoms with Crippen molar-refractivity contribution in [1.29, 1.82) is 0 Å². The van der Waals surface area contributed by atoms with Crippen molar-refractivity contribution in [3.05, 3.63) is 46.7 Å². The van der Waals surface area contributed by atoms with Crippen LogP contribution in [0.5, 0.6) is 5.75 Å². The number of amides is 1. The predicted molar refractivity (Wildman–Crippen MR) is 98.1 cm³/mol. The van der Waals surface area contributed by atoms with E-state index in [1.165, 1.54) is 39.4 Å². The van der Waals surface area contributed by atoms with Gasteiger partial charge in [0.15, 0.2) is 0 Å². The summed E-state index contributed by atoms with van der Waals surface area (Å²) < 4.78 is 45.8. The van der Waals surface area contributed by atoms with Crippen molar-refractivity contribution in [3.63, 3.8) is 0 Å². The second kappa shape index (κ2) is 6.33. The van der Waals surface area contributed by atoms with Crippen LogP contribution < -0.4 is 18.7 Å². The van der Waals surface area contributed by atoms with Crippen LogP contribution in [0.2, 0.25) is 5.02 Å². The van der Waals surface area contributed by atoms with Crippen molar-refractivity contribution in [1.82, 2.24) is 0 Å². The topological polar surface area (TPSA) is 79.0 Å². The van der Waals surface area contributed by atoms with E-state index >= 15 is 0 Å². The minimum Gasteiger partial charge on any atom is -0.496 e. The second-order valence-electron chi connectivity index (χ2n) is 5.56. The zero-order valence-electron chi connectivity index (χ0n) is 14.1. The molecule has 0 saturated heterocycles. The molecule has 0 unspecified atom stereocenters. The Morgan fingerprint density at radius 3 is 2.38 bits per heavy atom. The molecule has 0 aromatic heterocycles. The van der Waals surface area contributed by atoms with Gasteiger partial charge in [-0.15, -0.1) is 0 Å². The molecule has 10 heteroatoms. The molecule has 1 aliphatic rings. The van der Waals surface area contributed by atoms with Crippen molar-refractivity contribution in [3.8, 4) is 5.75 Å². The number of halogens is 2. The molecule has 1 N–H and O–H groups in total. The van der Waals surface area contributed by atoms with E-state index in [1.54, 1.807) is 6.07 Å². The molecule has 1 heterocycles. The van der Waals surface area contributed by atoms with Gasteiger partial charge in [-0.1, -0.05) is 11.6 Å². The summed E-state index contributed by atoms with van der Waals surface area (Å²) in [5, 5.41) is 2.75. The molecule has 1 aliphatic heterocycles. The van der Waals surface area contributed by atoms with E-state index in [2.05, 4.69) is 5.32 Å². The average Bonchev–Trinajstić information content (AvgIpc) is 2.76. The highest BCUT2D eigenvalue weighted by Crippen LogP contribution is 2.41. The fourth-order valence-electron chi connectivity index (χ4n) is 2.63. The van der Waals surface area contributed by atoms with E-state index < -0.39 is 21.9 Å². The molecule has 2 aromatic carbocycles. The minimum absolute atomic E-state index is 0.123. The summed E-state index contributed by atoms with van der Waals surface area (Å²) in [6.07, 6.45) is 0. The maximum Gasteiger partial charge on any atom is 0.326 e. The van der Waals surface area contributed by atoms with Gasteiger partial charge in [-0.25, -0.2) is 4.39 Å². The third-order valence-electron chi connectivity index (χ3n) is 4.09. The van der Waals surface area contributed by atoms with Crippen LogP contribution in [-0.2, 0) is 10.2 Å². The summed E-state index contributed by atoms with van der Waals surface area (Å²) in [5.74, 6) is -1.14. The summed E-state index contributed by atoms with van der Waals surface area (Å²) in [6, 6.07) is 6.79. The largest absolute Gasteiger partial charge is 0.496 e. The maximum absolute atomic E-state index is 14.4. The van der Waals surface area contributed by atoms with Crippen LogP contribution >= 0.6 is 11.6 Å². The molecular formula is C16H15ClFN3O4S. The van der Waals surface area contributed by atoms with E-state index in [1.807, 2.05) is 0 Å². The minimum atomic E-state index is -3.74.